The number of rotatable bonds is 9. The number of unbranched alkanes of at least 4 members (excludes halogenated alkanes) is 3. The van der Waals surface area contributed by atoms with Crippen molar-refractivity contribution in [2.24, 2.45) is 5.73 Å². The van der Waals surface area contributed by atoms with Crippen LogP contribution in [0.15, 0.2) is 0 Å². The average Bonchev–Trinajstić information content (AvgIpc) is 2.17. The van der Waals surface area contributed by atoms with Gasteiger partial charge >= 0.3 is 0 Å². The third kappa shape index (κ3) is 9.73. The molecule has 0 fully saturated rings. The maximum Gasteiger partial charge on any atom is 0.221 e. The maximum atomic E-state index is 11.4. The van der Waals surface area contributed by atoms with Gasteiger partial charge in [-0.25, -0.2) is 0 Å². The van der Waals surface area contributed by atoms with Crippen molar-refractivity contribution in [3.05, 3.63) is 0 Å². The van der Waals surface area contributed by atoms with Gasteiger partial charge in [-0.15, -0.1) is 0 Å². The molecule has 1 unspecified atom stereocenters. The van der Waals surface area contributed by atoms with Gasteiger partial charge in [-0.05, 0) is 12.8 Å². The van der Waals surface area contributed by atoms with E-state index in [4.69, 9.17) is 5.73 Å². The minimum atomic E-state index is 0.0330. The van der Waals surface area contributed by atoms with Crippen LogP contribution in [0.1, 0.15) is 58.8 Å². The van der Waals surface area contributed by atoms with Crippen LogP contribution >= 0.6 is 0 Å². The lowest BCUT2D eigenvalue weighted by Crippen LogP contribution is -2.32. The highest BCUT2D eigenvalue weighted by atomic mass is 16.1. The summed E-state index contributed by atoms with van der Waals surface area (Å²) in [6.45, 7) is 5.07. The average molecular weight is 214 g/mol. The molecule has 0 saturated heterocycles. The van der Waals surface area contributed by atoms with Crippen LogP contribution in [0.5, 0.6) is 0 Å². The van der Waals surface area contributed by atoms with Crippen LogP contribution < -0.4 is 11.1 Å². The van der Waals surface area contributed by atoms with Crippen LogP contribution in [-0.2, 0) is 4.79 Å². The largest absolute Gasteiger partial charge is 0.356 e. The SMILES string of the molecule is CCCCCCNC(=O)CC(N)CCC. The molecule has 0 spiro atoms. The molecule has 0 aromatic heterocycles. The zero-order chi connectivity index (χ0) is 11.5. The summed E-state index contributed by atoms with van der Waals surface area (Å²) in [5.74, 6) is 0.104. The fraction of sp³-hybridized carbons (Fsp3) is 0.917. The Morgan fingerprint density at radius 3 is 2.53 bits per heavy atom. The first-order chi connectivity index (χ1) is 7.20. The third-order valence-corrected chi connectivity index (χ3v) is 2.46. The van der Waals surface area contributed by atoms with Gasteiger partial charge in [-0.3, -0.25) is 4.79 Å². The lowest BCUT2D eigenvalue weighted by Gasteiger charge is -2.10. The molecule has 15 heavy (non-hydrogen) atoms. The number of amides is 1. The van der Waals surface area contributed by atoms with E-state index in [1.165, 1.54) is 19.3 Å². The van der Waals surface area contributed by atoms with Gasteiger partial charge in [-0.2, -0.15) is 0 Å². The summed E-state index contributed by atoms with van der Waals surface area (Å²) in [4.78, 5) is 11.4. The number of carbonyl (C=O) groups is 1. The number of nitrogens with two attached hydrogens (primary N) is 1. The molecule has 0 heterocycles. The van der Waals surface area contributed by atoms with Crippen molar-refractivity contribution >= 4 is 5.91 Å². The molecule has 0 aliphatic carbocycles. The summed E-state index contributed by atoms with van der Waals surface area (Å²) in [5, 5.41) is 2.91. The van der Waals surface area contributed by atoms with Crippen LogP contribution in [0.3, 0.4) is 0 Å². The molecule has 0 aromatic rings. The topological polar surface area (TPSA) is 55.1 Å². The molecule has 0 saturated carbocycles. The van der Waals surface area contributed by atoms with Crippen molar-refractivity contribution in [2.45, 2.75) is 64.8 Å². The van der Waals surface area contributed by atoms with Crippen molar-refractivity contribution in [3.63, 3.8) is 0 Å². The summed E-state index contributed by atoms with van der Waals surface area (Å²) in [6.07, 6.45) is 7.23. The molecular weight excluding hydrogens is 188 g/mol. The van der Waals surface area contributed by atoms with E-state index in [-0.39, 0.29) is 11.9 Å². The highest BCUT2D eigenvalue weighted by Crippen LogP contribution is 1.99. The monoisotopic (exact) mass is 214 g/mol. The lowest BCUT2D eigenvalue weighted by molar-refractivity contribution is -0.121. The molecule has 1 atom stereocenters. The Bertz CT molecular complexity index is 160. The molecule has 0 radical (unpaired) electrons. The molecule has 0 rings (SSSR count). The Morgan fingerprint density at radius 1 is 1.20 bits per heavy atom. The summed E-state index contributed by atoms with van der Waals surface area (Å²) in [6, 6.07) is 0.0330. The Hall–Kier alpha value is -0.570. The van der Waals surface area contributed by atoms with Gasteiger partial charge in [0.05, 0.1) is 0 Å². The summed E-state index contributed by atoms with van der Waals surface area (Å²) >= 11 is 0. The second-order valence-corrected chi connectivity index (χ2v) is 4.16. The normalized spacial score (nSPS) is 12.5. The number of hydrogen-bond donors (Lipinski definition) is 2. The van der Waals surface area contributed by atoms with E-state index >= 15 is 0 Å². The van der Waals surface area contributed by atoms with Crippen LogP contribution in [0.2, 0.25) is 0 Å². The van der Waals surface area contributed by atoms with E-state index < -0.39 is 0 Å². The Morgan fingerprint density at radius 2 is 1.93 bits per heavy atom. The fourth-order valence-electron chi connectivity index (χ4n) is 1.56. The maximum absolute atomic E-state index is 11.4. The zero-order valence-corrected chi connectivity index (χ0v) is 10.2. The number of nitrogens with one attached hydrogen (secondary N) is 1. The first kappa shape index (κ1) is 14.4. The van der Waals surface area contributed by atoms with Crippen molar-refractivity contribution in [2.75, 3.05) is 6.54 Å². The van der Waals surface area contributed by atoms with Gasteiger partial charge in [0.2, 0.25) is 5.91 Å². The van der Waals surface area contributed by atoms with Gasteiger partial charge < -0.3 is 11.1 Å². The molecule has 0 bridgehead atoms. The van der Waals surface area contributed by atoms with Gasteiger partial charge in [-0.1, -0.05) is 39.5 Å². The molecule has 0 aliphatic heterocycles. The van der Waals surface area contributed by atoms with Crippen LogP contribution in [-0.4, -0.2) is 18.5 Å². The smallest absolute Gasteiger partial charge is 0.221 e. The molecule has 90 valence electrons. The van der Waals surface area contributed by atoms with Gasteiger partial charge in [0.1, 0.15) is 0 Å². The van der Waals surface area contributed by atoms with Crippen LogP contribution in [0.25, 0.3) is 0 Å². The molecule has 1 amide bonds. The van der Waals surface area contributed by atoms with Gasteiger partial charge in [0, 0.05) is 19.0 Å². The quantitative estimate of drug-likeness (QED) is 0.578. The van der Waals surface area contributed by atoms with E-state index in [1.54, 1.807) is 0 Å². The molecular formula is C12H26N2O. The molecule has 0 aromatic carbocycles. The van der Waals surface area contributed by atoms with Crippen molar-refractivity contribution in [3.8, 4) is 0 Å². The predicted molar refractivity (Wildman–Crippen MR) is 64.7 cm³/mol. The zero-order valence-electron chi connectivity index (χ0n) is 10.2. The first-order valence-corrected chi connectivity index (χ1v) is 6.23. The number of carbonyl (C=O) groups excluding carboxylic acids is 1. The van der Waals surface area contributed by atoms with Crippen molar-refractivity contribution in [1.82, 2.24) is 5.32 Å². The third-order valence-electron chi connectivity index (χ3n) is 2.46. The summed E-state index contributed by atoms with van der Waals surface area (Å²) in [5.41, 5.74) is 5.78. The van der Waals surface area contributed by atoms with Crippen LogP contribution in [0, 0.1) is 0 Å². The van der Waals surface area contributed by atoms with Crippen molar-refractivity contribution in [1.29, 1.82) is 0 Å². The second-order valence-electron chi connectivity index (χ2n) is 4.16. The van der Waals surface area contributed by atoms with Crippen molar-refractivity contribution < 1.29 is 4.79 Å². The predicted octanol–water partition coefficient (Wildman–Crippen LogP) is 2.20. The van der Waals surface area contributed by atoms with E-state index in [9.17, 15) is 4.79 Å². The molecule has 3 heteroatoms. The van der Waals surface area contributed by atoms with E-state index in [0.29, 0.717) is 6.42 Å². The Balaban J connectivity index is 3.32. The second kappa shape index (κ2) is 9.97. The minimum absolute atomic E-state index is 0.0330. The number of hydrogen-bond acceptors (Lipinski definition) is 2. The van der Waals surface area contributed by atoms with E-state index in [0.717, 1.165) is 25.8 Å². The lowest BCUT2D eigenvalue weighted by atomic mass is 10.1. The van der Waals surface area contributed by atoms with Gasteiger partial charge in [0.25, 0.3) is 0 Å². The summed E-state index contributed by atoms with van der Waals surface area (Å²) < 4.78 is 0. The first-order valence-electron chi connectivity index (χ1n) is 6.23. The van der Waals surface area contributed by atoms with Crippen LogP contribution in [0.4, 0.5) is 0 Å². The van der Waals surface area contributed by atoms with E-state index in [2.05, 4.69) is 19.2 Å². The molecule has 3 N–H and O–H groups in total. The summed E-state index contributed by atoms with van der Waals surface area (Å²) in [7, 11) is 0. The van der Waals surface area contributed by atoms with Gasteiger partial charge in [0.15, 0.2) is 0 Å². The standard InChI is InChI=1S/C12H26N2O/c1-3-5-6-7-9-14-12(15)10-11(13)8-4-2/h11H,3-10,13H2,1-2H3,(H,14,15). The molecule has 0 aliphatic rings. The Kier molecular flexibility index (Phi) is 9.59. The fourth-order valence-corrected chi connectivity index (χ4v) is 1.56. The molecule has 3 nitrogen and oxygen atoms in total. The highest BCUT2D eigenvalue weighted by Gasteiger charge is 2.07. The Labute approximate surface area is 93.8 Å². The van der Waals surface area contributed by atoms with E-state index in [1.807, 2.05) is 0 Å². The highest BCUT2D eigenvalue weighted by molar-refractivity contribution is 5.76. The minimum Gasteiger partial charge on any atom is -0.356 e.